The number of ketones is 1. The largest absolute Gasteiger partial charge is 0.350 e. The highest BCUT2D eigenvalue weighted by Crippen LogP contribution is 2.56. The van der Waals surface area contributed by atoms with Crippen LogP contribution in [0.25, 0.3) is 0 Å². The molecule has 0 aromatic carbocycles. The van der Waals surface area contributed by atoms with Crippen LogP contribution >= 0.6 is 0 Å². The molecule has 0 aromatic heterocycles. The Bertz CT molecular complexity index is 305. The summed E-state index contributed by atoms with van der Waals surface area (Å²) in [6, 6.07) is 0. The van der Waals surface area contributed by atoms with Crippen molar-refractivity contribution in [3.05, 3.63) is 0 Å². The van der Waals surface area contributed by atoms with Crippen molar-refractivity contribution >= 4 is 5.78 Å². The van der Waals surface area contributed by atoms with Crippen LogP contribution < -0.4 is 0 Å². The number of Topliss-reactive ketones (excluding diaryl/α,β-unsaturated/α-hetero) is 1. The van der Waals surface area contributed by atoms with Gasteiger partial charge in [0.15, 0.2) is 5.79 Å². The molecule has 3 nitrogen and oxygen atoms in total. The van der Waals surface area contributed by atoms with E-state index >= 15 is 0 Å². The van der Waals surface area contributed by atoms with Crippen molar-refractivity contribution in [3.8, 4) is 0 Å². The van der Waals surface area contributed by atoms with Gasteiger partial charge >= 0.3 is 0 Å². The predicted molar refractivity (Wildman–Crippen MR) is 77.0 cm³/mol. The summed E-state index contributed by atoms with van der Waals surface area (Å²) in [6.45, 7) is 15.6. The second kappa shape index (κ2) is 5.53. The van der Waals surface area contributed by atoms with E-state index < -0.39 is 5.79 Å². The summed E-state index contributed by atoms with van der Waals surface area (Å²) in [7, 11) is 0. The van der Waals surface area contributed by atoms with Gasteiger partial charge in [-0.05, 0) is 31.6 Å². The summed E-state index contributed by atoms with van der Waals surface area (Å²) in [5.74, 6) is -0.215. The summed E-state index contributed by atoms with van der Waals surface area (Å²) in [6.07, 6.45) is 1.55. The minimum Gasteiger partial charge on any atom is -0.350 e. The van der Waals surface area contributed by atoms with Gasteiger partial charge in [0, 0.05) is 32.0 Å². The second-order valence-corrected chi connectivity index (χ2v) is 7.15. The molecule has 1 fully saturated rings. The third-order valence-corrected chi connectivity index (χ3v) is 4.23. The van der Waals surface area contributed by atoms with Gasteiger partial charge in [-0.2, -0.15) is 0 Å². The minimum atomic E-state index is -0.539. The summed E-state index contributed by atoms with van der Waals surface area (Å²) < 4.78 is 12.0. The van der Waals surface area contributed by atoms with Crippen molar-refractivity contribution in [2.45, 2.75) is 67.1 Å². The monoisotopic (exact) mass is 270 g/mol. The zero-order valence-corrected chi connectivity index (χ0v) is 13.6. The molecule has 0 bridgehead atoms. The Balaban J connectivity index is 3.15. The number of rotatable bonds is 5. The van der Waals surface area contributed by atoms with Crippen LogP contribution in [-0.4, -0.2) is 24.8 Å². The Morgan fingerprint density at radius 3 is 1.63 bits per heavy atom. The fraction of sp³-hybridized carbons (Fsp3) is 0.938. The molecule has 1 saturated carbocycles. The summed E-state index contributed by atoms with van der Waals surface area (Å²) in [5, 5.41) is 0. The number of carbonyl (C=O) groups is 1. The molecule has 19 heavy (non-hydrogen) atoms. The molecule has 0 atom stereocenters. The highest BCUT2D eigenvalue weighted by Gasteiger charge is 2.56. The van der Waals surface area contributed by atoms with E-state index in [0.29, 0.717) is 13.2 Å². The lowest BCUT2D eigenvalue weighted by Gasteiger charge is -2.55. The first-order valence-electron chi connectivity index (χ1n) is 7.38. The van der Waals surface area contributed by atoms with Crippen LogP contribution in [-0.2, 0) is 14.3 Å². The first-order valence-corrected chi connectivity index (χ1v) is 7.38. The maximum absolute atomic E-state index is 12.1. The molecular weight excluding hydrogens is 240 g/mol. The van der Waals surface area contributed by atoms with E-state index in [4.69, 9.17) is 9.47 Å². The predicted octanol–water partition coefficient (Wildman–Crippen LogP) is 3.81. The Kier molecular flexibility index (Phi) is 4.84. The molecule has 0 N–H and O–H groups in total. The normalized spacial score (nSPS) is 25.2. The minimum absolute atomic E-state index is 0.0500. The van der Waals surface area contributed by atoms with Crippen molar-refractivity contribution in [2.24, 2.45) is 16.7 Å². The van der Waals surface area contributed by atoms with E-state index in [9.17, 15) is 4.79 Å². The fourth-order valence-electron chi connectivity index (χ4n) is 4.59. The summed E-state index contributed by atoms with van der Waals surface area (Å²) >= 11 is 0. The van der Waals surface area contributed by atoms with Gasteiger partial charge in [0.1, 0.15) is 5.78 Å². The molecule has 0 aromatic rings. The van der Waals surface area contributed by atoms with Gasteiger partial charge in [0.05, 0.1) is 0 Å². The van der Waals surface area contributed by atoms with E-state index in [-0.39, 0.29) is 22.5 Å². The molecule has 0 saturated heterocycles. The van der Waals surface area contributed by atoms with Gasteiger partial charge in [0.25, 0.3) is 0 Å². The summed E-state index contributed by atoms with van der Waals surface area (Å²) in [5.41, 5.74) is -0.226. The third-order valence-electron chi connectivity index (χ3n) is 4.23. The third kappa shape index (κ3) is 3.38. The molecule has 1 aliphatic rings. The Morgan fingerprint density at radius 2 is 1.37 bits per heavy atom. The van der Waals surface area contributed by atoms with E-state index in [1.54, 1.807) is 6.92 Å². The number of ether oxygens (including phenoxy) is 2. The SMILES string of the molecule is CCOC1(OCC)CC(C)(C)C(C(C)=O)C(C)(C)C1. The van der Waals surface area contributed by atoms with Crippen molar-refractivity contribution in [1.82, 2.24) is 0 Å². The molecule has 1 rings (SSSR count). The maximum atomic E-state index is 12.1. The first-order chi connectivity index (χ1) is 8.60. The van der Waals surface area contributed by atoms with Crippen LogP contribution in [0.2, 0.25) is 0 Å². The van der Waals surface area contributed by atoms with Crippen molar-refractivity contribution in [3.63, 3.8) is 0 Å². The van der Waals surface area contributed by atoms with E-state index in [2.05, 4.69) is 27.7 Å². The van der Waals surface area contributed by atoms with Crippen LogP contribution in [0.15, 0.2) is 0 Å². The average molecular weight is 270 g/mol. The van der Waals surface area contributed by atoms with Crippen LogP contribution in [0.3, 0.4) is 0 Å². The number of hydrogen-bond acceptors (Lipinski definition) is 3. The van der Waals surface area contributed by atoms with Gasteiger partial charge in [-0.25, -0.2) is 0 Å². The molecule has 112 valence electrons. The molecule has 0 spiro atoms. The lowest BCUT2D eigenvalue weighted by atomic mass is 9.54. The molecule has 0 aliphatic heterocycles. The lowest BCUT2D eigenvalue weighted by molar-refractivity contribution is -0.289. The standard InChI is InChI=1S/C16H30O3/c1-8-18-16(19-9-2)10-14(4,5)13(12(3)17)15(6,7)11-16/h13H,8-11H2,1-7H3. The molecule has 0 heterocycles. The van der Waals surface area contributed by atoms with Crippen LogP contribution in [0, 0.1) is 16.7 Å². The number of hydrogen-bond donors (Lipinski definition) is 0. The second-order valence-electron chi connectivity index (χ2n) is 7.15. The van der Waals surface area contributed by atoms with E-state index in [0.717, 1.165) is 12.8 Å². The van der Waals surface area contributed by atoms with Crippen LogP contribution in [0.4, 0.5) is 0 Å². The van der Waals surface area contributed by atoms with Gasteiger partial charge in [0.2, 0.25) is 0 Å². The zero-order valence-electron chi connectivity index (χ0n) is 13.6. The molecule has 3 heteroatoms. The smallest absolute Gasteiger partial charge is 0.169 e. The molecule has 0 radical (unpaired) electrons. The molecule has 0 unspecified atom stereocenters. The topological polar surface area (TPSA) is 35.5 Å². The van der Waals surface area contributed by atoms with E-state index in [1.807, 2.05) is 13.8 Å². The van der Waals surface area contributed by atoms with Crippen molar-refractivity contribution < 1.29 is 14.3 Å². The average Bonchev–Trinajstić information content (AvgIpc) is 2.11. The zero-order chi connectivity index (χ0) is 14.9. The van der Waals surface area contributed by atoms with Crippen LogP contribution in [0.5, 0.6) is 0 Å². The summed E-state index contributed by atoms with van der Waals surface area (Å²) in [4.78, 5) is 12.1. The highest BCUT2D eigenvalue weighted by molar-refractivity contribution is 5.80. The highest BCUT2D eigenvalue weighted by atomic mass is 16.7. The Hall–Kier alpha value is -0.410. The van der Waals surface area contributed by atoms with E-state index in [1.165, 1.54) is 0 Å². The van der Waals surface area contributed by atoms with Gasteiger partial charge in [-0.1, -0.05) is 27.7 Å². The maximum Gasteiger partial charge on any atom is 0.169 e. The van der Waals surface area contributed by atoms with Crippen molar-refractivity contribution in [2.75, 3.05) is 13.2 Å². The molecular formula is C16H30O3. The van der Waals surface area contributed by atoms with Gasteiger partial charge in [-0.15, -0.1) is 0 Å². The molecule has 0 amide bonds. The lowest BCUT2D eigenvalue weighted by Crippen LogP contribution is -2.56. The quantitative estimate of drug-likeness (QED) is 0.713. The molecule has 1 aliphatic carbocycles. The van der Waals surface area contributed by atoms with Crippen LogP contribution in [0.1, 0.15) is 61.3 Å². The van der Waals surface area contributed by atoms with Gasteiger partial charge < -0.3 is 9.47 Å². The fourth-order valence-corrected chi connectivity index (χ4v) is 4.59. The Morgan fingerprint density at radius 1 is 1.00 bits per heavy atom. The first kappa shape index (κ1) is 16.6. The Labute approximate surface area is 118 Å². The van der Waals surface area contributed by atoms with Gasteiger partial charge in [-0.3, -0.25) is 4.79 Å². The van der Waals surface area contributed by atoms with Crippen molar-refractivity contribution in [1.29, 1.82) is 0 Å². The number of carbonyl (C=O) groups excluding carboxylic acids is 1.